The number of rotatable bonds is 10. The van der Waals surface area contributed by atoms with Gasteiger partial charge in [-0.25, -0.2) is 8.78 Å². The molecular weight excluding hydrogens is 420 g/mol. The zero-order valence-corrected chi connectivity index (χ0v) is 20.0. The third kappa shape index (κ3) is 7.50. The van der Waals surface area contributed by atoms with Gasteiger partial charge in [-0.2, -0.15) is 8.78 Å². The molecule has 6 heteroatoms. The molecule has 0 aromatic heterocycles. The van der Waals surface area contributed by atoms with Gasteiger partial charge in [0.05, 0.1) is 0 Å². The summed E-state index contributed by atoms with van der Waals surface area (Å²) in [6, 6.07) is 7.00. The van der Waals surface area contributed by atoms with Crippen molar-refractivity contribution in [1.82, 2.24) is 0 Å². The molecule has 0 amide bonds. The Morgan fingerprint density at radius 1 is 0.903 bits per heavy atom. The standard InChI is InChI=1S/C25H38F4OSi/c1-2-3-4-13-31-14-11-19(12-15-31)6-5-18-7-9-20(10-8-18)21-16-22(26)24(23(27)17-21)30-25(28)29/h16-20,25,31H,2-15H2,1H3. The smallest absolute Gasteiger partial charge is 0.387 e. The molecule has 1 aromatic carbocycles. The van der Waals surface area contributed by atoms with E-state index in [4.69, 9.17) is 0 Å². The van der Waals surface area contributed by atoms with E-state index < -0.39 is 32.8 Å². The zero-order chi connectivity index (χ0) is 22.2. The van der Waals surface area contributed by atoms with E-state index in [2.05, 4.69) is 11.7 Å². The van der Waals surface area contributed by atoms with E-state index in [9.17, 15) is 17.6 Å². The Morgan fingerprint density at radius 2 is 1.48 bits per heavy atom. The van der Waals surface area contributed by atoms with Gasteiger partial charge in [0.2, 0.25) is 0 Å². The van der Waals surface area contributed by atoms with Crippen LogP contribution in [0.2, 0.25) is 18.1 Å². The van der Waals surface area contributed by atoms with Crippen LogP contribution in [0, 0.1) is 23.5 Å². The number of ether oxygens (including phenoxy) is 1. The second-order valence-corrected chi connectivity index (χ2v) is 13.3. The van der Waals surface area contributed by atoms with Crippen molar-refractivity contribution in [3.8, 4) is 5.75 Å². The van der Waals surface area contributed by atoms with E-state index in [0.29, 0.717) is 11.5 Å². The number of benzene rings is 1. The van der Waals surface area contributed by atoms with Crippen molar-refractivity contribution in [2.75, 3.05) is 0 Å². The quantitative estimate of drug-likeness (QED) is 0.194. The lowest BCUT2D eigenvalue weighted by Gasteiger charge is -2.32. The van der Waals surface area contributed by atoms with E-state index in [1.54, 1.807) is 18.1 Å². The fourth-order valence-corrected chi connectivity index (χ4v) is 9.38. The molecule has 0 N–H and O–H groups in total. The zero-order valence-electron chi connectivity index (χ0n) is 18.9. The molecule has 0 spiro atoms. The summed E-state index contributed by atoms with van der Waals surface area (Å²) in [6.45, 7) is -0.951. The Balaban J connectivity index is 1.39. The Labute approximate surface area is 186 Å². The Morgan fingerprint density at radius 3 is 2.03 bits per heavy atom. The van der Waals surface area contributed by atoms with Crippen LogP contribution in [0.15, 0.2) is 12.1 Å². The van der Waals surface area contributed by atoms with Crippen LogP contribution in [-0.4, -0.2) is 15.4 Å². The maximum atomic E-state index is 14.0. The summed E-state index contributed by atoms with van der Waals surface area (Å²) < 4.78 is 56.7. The van der Waals surface area contributed by atoms with Crippen LogP contribution < -0.4 is 4.74 Å². The second-order valence-electron chi connectivity index (χ2n) is 9.87. The Kier molecular flexibility index (Phi) is 9.73. The minimum absolute atomic E-state index is 0.102. The van der Waals surface area contributed by atoms with Gasteiger partial charge in [-0.3, -0.25) is 0 Å². The molecule has 0 atom stereocenters. The van der Waals surface area contributed by atoms with Crippen molar-refractivity contribution in [3.63, 3.8) is 0 Å². The first-order chi connectivity index (χ1) is 15.0. The number of hydrogen-bond acceptors (Lipinski definition) is 1. The van der Waals surface area contributed by atoms with Crippen molar-refractivity contribution >= 4 is 8.80 Å². The lowest BCUT2D eigenvalue weighted by atomic mass is 9.76. The van der Waals surface area contributed by atoms with Gasteiger partial charge in [0.25, 0.3) is 0 Å². The Hall–Kier alpha value is -1.04. The average Bonchev–Trinajstić information content (AvgIpc) is 2.76. The lowest BCUT2D eigenvalue weighted by Crippen LogP contribution is -2.22. The van der Waals surface area contributed by atoms with Gasteiger partial charge in [-0.15, -0.1) is 0 Å². The molecule has 31 heavy (non-hydrogen) atoms. The number of halogens is 4. The maximum absolute atomic E-state index is 14.0. The first-order valence-corrected chi connectivity index (χ1v) is 14.8. The van der Waals surface area contributed by atoms with Crippen LogP contribution in [0.5, 0.6) is 5.75 Å². The van der Waals surface area contributed by atoms with Crippen molar-refractivity contribution in [1.29, 1.82) is 0 Å². The average molecular weight is 459 g/mol. The van der Waals surface area contributed by atoms with Crippen LogP contribution in [0.1, 0.15) is 89.0 Å². The highest BCUT2D eigenvalue weighted by atomic mass is 28.3. The van der Waals surface area contributed by atoms with Crippen LogP contribution >= 0.6 is 0 Å². The third-order valence-corrected chi connectivity index (χ3v) is 11.2. The van der Waals surface area contributed by atoms with Crippen molar-refractivity contribution in [2.45, 2.75) is 108 Å². The van der Waals surface area contributed by atoms with E-state index in [1.165, 1.54) is 57.1 Å². The summed E-state index contributed by atoms with van der Waals surface area (Å²) in [4.78, 5) is 0. The monoisotopic (exact) mass is 458 g/mol. The molecule has 1 saturated carbocycles. The molecule has 3 rings (SSSR count). The van der Waals surface area contributed by atoms with E-state index >= 15 is 0 Å². The van der Waals surface area contributed by atoms with Gasteiger partial charge in [0.15, 0.2) is 17.4 Å². The van der Waals surface area contributed by atoms with Gasteiger partial charge in [0, 0.05) is 8.80 Å². The van der Waals surface area contributed by atoms with E-state index in [0.717, 1.165) is 31.6 Å². The first kappa shape index (κ1) is 24.6. The molecule has 1 aliphatic heterocycles. The molecule has 1 aromatic rings. The Bertz CT molecular complexity index is 644. The van der Waals surface area contributed by atoms with Gasteiger partial charge >= 0.3 is 6.61 Å². The van der Waals surface area contributed by atoms with E-state index in [1.807, 2.05) is 0 Å². The predicted molar refractivity (Wildman–Crippen MR) is 121 cm³/mol. The van der Waals surface area contributed by atoms with Gasteiger partial charge in [-0.05, 0) is 61.1 Å². The summed E-state index contributed by atoms with van der Waals surface area (Å²) in [6.07, 6.45) is 13.7. The molecule has 0 unspecified atom stereocenters. The third-order valence-electron chi connectivity index (χ3n) is 7.71. The van der Waals surface area contributed by atoms with Crippen LogP contribution in [0.4, 0.5) is 17.6 Å². The molecular formula is C25H38F4OSi. The molecule has 1 saturated heterocycles. The van der Waals surface area contributed by atoms with Gasteiger partial charge in [0.1, 0.15) is 0 Å². The predicted octanol–water partition coefficient (Wildman–Crippen LogP) is 8.45. The number of hydrogen-bond donors (Lipinski definition) is 0. The number of unbranched alkanes of at least 4 members (excludes halogenated alkanes) is 2. The molecule has 1 aliphatic carbocycles. The number of alkyl halides is 2. The summed E-state index contributed by atoms with van der Waals surface area (Å²) in [5.41, 5.74) is 0.571. The largest absolute Gasteiger partial charge is 0.429 e. The van der Waals surface area contributed by atoms with Gasteiger partial charge in [-0.1, -0.05) is 70.0 Å². The normalized spacial score (nSPS) is 26.9. The summed E-state index contributed by atoms with van der Waals surface area (Å²) in [5, 5.41) is 0. The molecule has 0 radical (unpaired) electrons. The highest BCUT2D eigenvalue weighted by Crippen LogP contribution is 2.41. The van der Waals surface area contributed by atoms with Gasteiger partial charge < -0.3 is 4.74 Å². The molecule has 0 bridgehead atoms. The summed E-state index contributed by atoms with van der Waals surface area (Å²) in [5.74, 6) is -1.32. The minimum atomic E-state index is -3.23. The van der Waals surface area contributed by atoms with Crippen LogP contribution in [-0.2, 0) is 0 Å². The highest BCUT2D eigenvalue weighted by Gasteiger charge is 2.27. The minimum Gasteiger partial charge on any atom is -0.429 e. The second kappa shape index (κ2) is 12.3. The first-order valence-electron chi connectivity index (χ1n) is 12.4. The SMILES string of the molecule is CCCCC[SiH]1CCC(CCC2CCC(c3cc(F)c(OC(F)F)c(F)c3)CC2)CC1. The van der Waals surface area contributed by atoms with Crippen molar-refractivity contribution < 1.29 is 22.3 Å². The summed E-state index contributed by atoms with van der Waals surface area (Å²) >= 11 is 0. The van der Waals surface area contributed by atoms with E-state index in [-0.39, 0.29) is 5.92 Å². The maximum Gasteiger partial charge on any atom is 0.387 e. The molecule has 1 nitrogen and oxygen atoms in total. The van der Waals surface area contributed by atoms with Crippen LogP contribution in [0.3, 0.4) is 0 Å². The highest BCUT2D eigenvalue weighted by molar-refractivity contribution is 6.58. The molecule has 176 valence electrons. The fraction of sp³-hybridized carbons (Fsp3) is 0.760. The molecule has 1 heterocycles. The fourth-order valence-electron chi connectivity index (χ4n) is 5.76. The lowest BCUT2D eigenvalue weighted by molar-refractivity contribution is -0.0546. The summed E-state index contributed by atoms with van der Waals surface area (Å²) in [7, 11) is -0.431. The topological polar surface area (TPSA) is 9.23 Å². The van der Waals surface area contributed by atoms with Crippen LogP contribution in [0.25, 0.3) is 0 Å². The van der Waals surface area contributed by atoms with Crippen molar-refractivity contribution in [3.05, 3.63) is 29.3 Å². The van der Waals surface area contributed by atoms with Crippen molar-refractivity contribution in [2.24, 2.45) is 11.8 Å². The molecule has 2 aliphatic rings. The molecule has 2 fully saturated rings.